The summed E-state index contributed by atoms with van der Waals surface area (Å²) in [5, 5.41) is 0.382. The number of pyridine rings is 1. The van der Waals surface area contributed by atoms with Crippen molar-refractivity contribution in [2.75, 3.05) is 0 Å². The van der Waals surface area contributed by atoms with Crippen molar-refractivity contribution in [3.05, 3.63) is 28.5 Å². The number of halogens is 2. The Morgan fingerprint density at radius 1 is 1.31 bits per heavy atom. The average molecular weight is 303 g/mol. The fraction of sp³-hybridized carbons (Fsp3) is 0.615. The van der Waals surface area contributed by atoms with Crippen LogP contribution >= 0.6 is 27.5 Å². The Bertz CT molecular complexity index is 342. The van der Waals surface area contributed by atoms with Crippen molar-refractivity contribution in [3.8, 4) is 0 Å². The first kappa shape index (κ1) is 12.4. The highest BCUT2D eigenvalue weighted by molar-refractivity contribution is 9.10. The lowest BCUT2D eigenvalue weighted by Gasteiger charge is -2.15. The zero-order valence-electron chi connectivity index (χ0n) is 9.33. The zero-order chi connectivity index (χ0) is 11.4. The van der Waals surface area contributed by atoms with Gasteiger partial charge in [0.05, 0.1) is 0 Å². The van der Waals surface area contributed by atoms with Gasteiger partial charge in [-0.15, -0.1) is 11.6 Å². The van der Waals surface area contributed by atoms with Gasteiger partial charge in [0.15, 0.2) is 0 Å². The quantitative estimate of drug-likeness (QED) is 0.576. The molecule has 16 heavy (non-hydrogen) atoms. The van der Waals surface area contributed by atoms with Crippen molar-refractivity contribution in [2.45, 2.75) is 43.9 Å². The maximum absolute atomic E-state index is 6.29. The molecule has 1 aliphatic carbocycles. The van der Waals surface area contributed by atoms with Gasteiger partial charge in [-0.05, 0) is 52.7 Å². The van der Waals surface area contributed by atoms with Crippen LogP contribution in [0.25, 0.3) is 0 Å². The minimum atomic E-state index is 0.382. The summed E-state index contributed by atoms with van der Waals surface area (Å²) in [6, 6.07) is 2.17. The third-order valence-electron chi connectivity index (χ3n) is 3.25. The van der Waals surface area contributed by atoms with Gasteiger partial charge in [-0.25, -0.2) is 0 Å². The third-order valence-corrected chi connectivity index (χ3v) is 4.08. The molecule has 2 atom stereocenters. The predicted octanol–water partition coefficient (Wildman–Crippen LogP) is 4.57. The molecule has 1 heterocycles. The highest BCUT2D eigenvalue weighted by Gasteiger charge is 2.18. The summed E-state index contributed by atoms with van der Waals surface area (Å²) >= 11 is 9.75. The number of nitrogens with zero attached hydrogens (tertiary/aromatic N) is 1. The van der Waals surface area contributed by atoms with Crippen LogP contribution in [0, 0.1) is 5.92 Å². The summed E-state index contributed by atoms with van der Waals surface area (Å²) < 4.78 is 1.07. The van der Waals surface area contributed by atoms with Crippen LogP contribution in [0.4, 0.5) is 0 Å². The molecule has 0 bridgehead atoms. The van der Waals surface area contributed by atoms with E-state index in [1.54, 1.807) is 0 Å². The van der Waals surface area contributed by atoms with Crippen LogP contribution in [0.2, 0.25) is 0 Å². The molecule has 3 heteroatoms. The zero-order valence-corrected chi connectivity index (χ0v) is 11.7. The van der Waals surface area contributed by atoms with Crippen molar-refractivity contribution in [1.82, 2.24) is 4.98 Å². The van der Waals surface area contributed by atoms with Crippen molar-refractivity contribution >= 4 is 27.5 Å². The molecule has 1 aromatic rings. The largest absolute Gasteiger partial charge is 0.263 e. The molecule has 0 amide bonds. The van der Waals surface area contributed by atoms with E-state index in [1.165, 1.54) is 31.2 Å². The summed E-state index contributed by atoms with van der Waals surface area (Å²) in [4.78, 5) is 4.21. The minimum absolute atomic E-state index is 0.382. The van der Waals surface area contributed by atoms with Crippen LogP contribution in [0.3, 0.4) is 0 Å². The Kier molecular flexibility index (Phi) is 4.66. The number of rotatable bonds is 2. The van der Waals surface area contributed by atoms with Gasteiger partial charge >= 0.3 is 0 Å². The summed E-state index contributed by atoms with van der Waals surface area (Å²) in [6.07, 6.45) is 11.2. The van der Waals surface area contributed by atoms with Crippen molar-refractivity contribution in [2.24, 2.45) is 5.92 Å². The molecule has 1 saturated carbocycles. The highest BCUT2D eigenvalue weighted by Crippen LogP contribution is 2.29. The number of aromatic nitrogens is 1. The van der Waals surface area contributed by atoms with Gasteiger partial charge in [-0.3, -0.25) is 4.98 Å². The number of hydrogen-bond donors (Lipinski definition) is 0. The van der Waals surface area contributed by atoms with Gasteiger partial charge in [0.2, 0.25) is 0 Å². The lowest BCUT2D eigenvalue weighted by atomic mass is 9.93. The summed E-state index contributed by atoms with van der Waals surface area (Å²) in [6.45, 7) is 0. The first-order chi connectivity index (χ1) is 7.74. The second-order valence-corrected chi connectivity index (χ2v) is 6.23. The summed E-state index contributed by atoms with van der Waals surface area (Å²) in [5.74, 6) is 0.737. The molecule has 88 valence electrons. The predicted molar refractivity (Wildman–Crippen MR) is 71.9 cm³/mol. The van der Waals surface area contributed by atoms with E-state index in [2.05, 4.69) is 27.0 Å². The van der Waals surface area contributed by atoms with E-state index in [9.17, 15) is 0 Å². The van der Waals surface area contributed by atoms with E-state index in [0.29, 0.717) is 5.38 Å². The first-order valence-corrected chi connectivity index (χ1v) is 7.20. The van der Waals surface area contributed by atoms with E-state index in [4.69, 9.17) is 11.6 Å². The molecule has 0 radical (unpaired) electrons. The van der Waals surface area contributed by atoms with Gasteiger partial charge in [-0.2, -0.15) is 0 Å². The molecule has 1 fully saturated rings. The van der Waals surface area contributed by atoms with Gasteiger partial charge in [-0.1, -0.05) is 19.3 Å². The average Bonchev–Trinajstić information content (AvgIpc) is 2.43. The van der Waals surface area contributed by atoms with E-state index in [1.807, 2.05) is 12.4 Å². The number of hydrogen-bond acceptors (Lipinski definition) is 1. The second kappa shape index (κ2) is 6.02. The van der Waals surface area contributed by atoms with Crippen LogP contribution in [0.1, 0.15) is 37.7 Å². The summed E-state index contributed by atoms with van der Waals surface area (Å²) in [5.41, 5.74) is 1.32. The van der Waals surface area contributed by atoms with E-state index >= 15 is 0 Å². The van der Waals surface area contributed by atoms with Crippen LogP contribution in [0.15, 0.2) is 22.9 Å². The molecule has 0 aliphatic heterocycles. The monoisotopic (exact) mass is 301 g/mol. The molecular formula is C13H17BrClN. The Balaban J connectivity index is 1.97. The topological polar surface area (TPSA) is 12.9 Å². The van der Waals surface area contributed by atoms with Crippen LogP contribution in [-0.4, -0.2) is 10.4 Å². The third kappa shape index (κ3) is 3.74. The van der Waals surface area contributed by atoms with E-state index in [0.717, 1.165) is 23.2 Å². The molecule has 1 aliphatic rings. The first-order valence-electron chi connectivity index (χ1n) is 5.97. The Labute approximate surface area is 111 Å². The van der Waals surface area contributed by atoms with Crippen LogP contribution in [0.5, 0.6) is 0 Å². The minimum Gasteiger partial charge on any atom is -0.263 e. The second-order valence-electron chi connectivity index (χ2n) is 4.70. The fourth-order valence-corrected chi connectivity index (χ4v) is 3.30. The molecule has 0 aromatic carbocycles. The molecule has 0 saturated heterocycles. The smallest absolute Gasteiger partial charge is 0.0410 e. The Hall–Kier alpha value is -0.0800. The summed E-state index contributed by atoms with van der Waals surface area (Å²) in [7, 11) is 0. The lowest BCUT2D eigenvalue weighted by Crippen LogP contribution is -2.08. The number of alkyl halides is 1. The van der Waals surface area contributed by atoms with Crippen molar-refractivity contribution in [3.63, 3.8) is 0 Å². The maximum Gasteiger partial charge on any atom is 0.0410 e. The molecule has 1 nitrogen and oxygen atoms in total. The standard InChI is InChI=1S/C13H17BrClN/c14-12-6-11(8-16-9-12)5-10-3-1-2-4-13(15)7-10/h6,8-10,13H,1-5,7H2. The molecule has 2 unspecified atom stereocenters. The van der Waals surface area contributed by atoms with Crippen LogP contribution in [-0.2, 0) is 6.42 Å². The van der Waals surface area contributed by atoms with Crippen molar-refractivity contribution in [1.29, 1.82) is 0 Å². The Morgan fingerprint density at radius 2 is 2.12 bits per heavy atom. The van der Waals surface area contributed by atoms with Gasteiger partial charge in [0.1, 0.15) is 0 Å². The van der Waals surface area contributed by atoms with Gasteiger partial charge in [0, 0.05) is 22.2 Å². The SMILES string of the molecule is ClC1CCCCC(Cc2cncc(Br)c2)C1. The normalized spacial score (nSPS) is 26.4. The fourth-order valence-electron chi connectivity index (χ4n) is 2.48. The van der Waals surface area contributed by atoms with Gasteiger partial charge in [0.25, 0.3) is 0 Å². The lowest BCUT2D eigenvalue weighted by molar-refractivity contribution is 0.460. The van der Waals surface area contributed by atoms with Gasteiger partial charge < -0.3 is 0 Å². The maximum atomic E-state index is 6.29. The molecular weight excluding hydrogens is 286 g/mol. The molecule has 0 spiro atoms. The van der Waals surface area contributed by atoms with E-state index in [-0.39, 0.29) is 0 Å². The van der Waals surface area contributed by atoms with Crippen molar-refractivity contribution < 1.29 is 0 Å². The van der Waals surface area contributed by atoms with Crippen LogP contribution < -0.4 is 0 Å². The van der Waals surface area contributed by atoms with E-state index < -0.39 is 0 Å². The molecule has 0 N–H and O–H groups in total. The Morgan fingerprint density at radius 3 is 2.94 bits per heavy atom. The molecule has 1 aromatic heterocycles. The molecule has 2 rings (SSSR count). The highest BCUT2D eigenvalue weighted by atomic mass is 79.9.